The van der Waals surface area contributed by atoms with Gasteiger partial charge in [0.25, 0.3) is 0 Å². The highest BCUT2D eigenvalue weighted by molar-refractivity contribution is 7.98. The highest BCUT2D eigenvalue weighted by Crippen LogP contribution is 2.12. The van der Waals surface area contributed by atoms with Crippen molar-refractivity contribution in [3.05, 3.63) is 0 Å². The van der Waals surface area contributed by atoms with Crippen LogP contribution in [0.1, 0.15) is 26.2 Å². The molecule has 6 nitrogen and oxygen atoms in total. The number of nitrogens with zero attached hydrogens (tertiary/aromatic N) is 1. The Labute approximate surface area is 124 Å². The summed E-state index contributed by atoms with van der Waals surface area (Å²) in [4.78, 5) is 25.1. The quantitative estimate of drug-likeness (QED) is 0.758. The second-order valence-corrected chi connectivity index (χ2v) is 5.84. The fraction of sp³-hybridized carbons (Fsp3) is 0.846. The maximum Gasteiger partial charge on any atom is 0.409 e. The number of ether oxygens (including phenoxy) is 1. The topological polar surface area (TPSA) is 84.7 Å². The third-order valence-corrected chi connectivity index (χ3v) is 3.98. The van der Waals surface area contributed by atoms with Crippen LogP contribution in [-0.4, -0.2) is 60.7 Å². The molecule has 1 aliphatic heterocycles. The van der Waals surface area contributed by atoms with Crippen molar-refractivity contribution in [3.8, 4) is 0 Å². The van der Waals surface area contributed by atoms with Gasteiger partial charge in [-0.2, -0.15) is 11.8 Å². The number of rotatable bonds is 6. The first kappa shape index (κ1) is 17.1. The molecule has 3 N–H and O–H groups in total. The molecule has 1 fully saturated rings. The molecule has 0 unspecified atom stereocenters. The Hall–Kier alpha value is -0.950. The lowest BCUT2D eigenvalue weighted by Crippen LogP contribution is -2.50. The first-order valence-electron chi connectivity index (χ1n) is 7.05. The maximum atomic E-state index is 11.9. The van der Waals surface area contributed by atoms with Crippen LogP contribution in [0.4, 0.5) is 4.79 Å². The summed E-state index contributed by atoms with van der Waals surface area (Å²) < 4.78 is 4.96. The summed E-state index contributed by atoms with van der Waals surface area (Å²) in [6.45, 7) is 3.41. The van der Waals surface area contributed by atoms with E-state index in [-0.39, 0.29) is 18.0 Å². The smallest absolute Gasteiger partial charge is 0.409 e. The fourth-order valence-electron chi connectivity index (χ4n) is 2.11. The zero-order chi connectivity index (χ0) is 15.0. The lowest BCUT2D eigenvalue weighted by atomic mass is 10.0. The molecule has 1 heterocycles. The summed E-state index contributed by atoms with van der Waals surface area (Å²) in [5.74, 6) is 0.796. The molecule has 0 radical (unpaired) electrons. The second-order valence-electron chi connectivity index (χ2n) is 4.86. The van der Waals surface area contributed by atoms with Crippen LogP contribution in [0.15, 0.2) is 0 Å². The van der Waals surface area contributed by atoms with E-state index in [4.69, 9.17) is 10.5 Å². The predicted molar refractivity (Wildman–Crippen MR) is 80.7 cm³/mol. The molecule has 20 heavy (non-hydrogen) atoms. The molecule has 0 bridgehead atoms. The van der Waals surface area contributed by atoms with Gasteiger partial charge >= 0.3 is 6.09 Å². The Morgan fingerprint density at radius 3 is 2.65 bits per heavy atom. The van der Waals surface area contributed by atoms with Crippen LogP contribution in [0.3, 0.4) is 0 Å². The predicted octanol–water partition coefficient (Wildman–Crippen LogP) is 0.804. The average molecular weight is 303 g/mol. The number of nitrogens with two attached hydrogens (primary N) is 1. The van der Waals surface area contributed by atoms with Crippen LogP contribution in [-0.2, 0) is 9.53 Å². The third-order valence-electron chi connectivity index (χ3n) is 3.34. The number of nitrogens with one attached hydrogen (secondary N) is 1. The summed E-state index contributed by atoms with van der Waals surface area (Å²) in [5.41, 5.74) is 5.83. The van der Waals surface area contributed by atoms with E-state index in [1.165, 1.54) is 0 Å². The van der Waals surface area contributed by atoms with Crippen LogP contribution in [0.25, 0.3) is 0 Å². The molecule has 1 rings (SSSR count). The standard InChI is InChI=1S/C13H25N3O3S/c1-3-19-13(18)16-7-4-10(5-8-16)15-12(17)11(14)6-9-20-2/h10-11H,3-9,14H2,1-2H3,(H,15,17)/t11-/m0/s1. The van der Waals surface area contributed by atoms with Crippen molar-refractivity contribution in [2.24, 2.45) is 5.73 Å². The van der Waals surface area contributed by atoms with Gasteiger partial charge in [-0.1, -0.05) is 0 Å². The summed E-state index contributed by atoms with van der Waals surface area (Å²) in [6.07, 6.45) is 3.92. The molecule has 0 aromatic heterocycles. The summed E-state index contributed by atoms with van der Waals surface area (Å²) in [7, 11) is 0. The molecule has 2 amide bonds. The molecule has 1 saturated heterocycles. The zero-order valence-electron chi connectivity index (χ0n) is 12.3. The Kier molecular flexibility index (Phi) is 7.76. The van der Waals surface area contributed by atoms with Crippen molar-refractivity contribution in [3.63, 3.8) is 0 Å². The van der Waals surface area contributed by atoms with Crippen LogP contribution in [0, 0.1) is 0 Å². The summed E-state index contributed by atoms with van der Waals surface area (Å²) in [6, 6.07) is -0.334. The maximum absolute atomic E-state index is 11.9. The van der Waals surface area contributed by atoms with Gasteiger partial charge in [0.05, 0.1) is 12.6 Å². The van der Waals surface area contributed by atoms with Gasteiger partial charge in [0.15, 0.2) is 0 Å². The number of hydrogen-bond donors (Lipinski definition) is 2. The number of carbonyl (C=O) groups excluding carboxylic acids is 2. The van der Waals surface area contributed by atoms with Crippen LogP contribution in [0.5, 0.6) is 0 Å². The lowest BCUT2D eigenvalue weighted by molar-refractivity contribution is -0.123. The average Bonchev–Trinajstić information content (AvgIpc) is 2.45. The molecule has 0 aromatic rings. The van der Waals surface area contributed by atoms with E-state index >= 15 is 0 Å². The van der Waals surface area contributed by atoms with Crippen molar-refractivity contribution in [2.75, 3.05) is 31.7 Å². The van der Waals surface area contributed by atoms with Gasteiger partial charge in [0, 0.05) is 19.1 Å². The zero-order valence-corrected chi connectivity index (χ0v) is 13.1. The minimum absolute atomic E-state index is 0.0892. The van der Waals surface area contributed by atoms with Crippen LogP contribution < -0.4 is 11.1 Å². The van der Waals surface area contributed by atoms with E-state index in [2.05, 4.69) is 5.32 Å². The first-order chi connectivity index (χ1) is 9.58. The summed E-state index contributed by atoms with van der Waals surface area (Å²) >= 11 is 1.68. The monoisotopic (exact) mass is 303 g/mol. The van der Waals surface area contributed by atoms with E-state index in [1.807, 2.05) is 6.26 Å². The minimum Gasteiger partial charge on any atom is -0.450 e. The molecule has 0 spiro atoms. The van der Waals surface area contributed by atoms with E-state index in [1.54, 1.807) is 23.6 Å². The molecule has 7 heteroatoms. The van der Waals surface area contributed by atoms with Gasteiger partial charge in [0.2, 0.25) is 5.91 Å². The number of hydrogen-bond acceptors (Lipinski definition) is 5. The van der Waals surface area contributed by atoms with Crippen molar-refractivity contribution in [2.45, 2.75) is 38.3 Å². The van der Waals surface area contributed by atoms with Gasteiger partial charge in [-0.15, -0.1) is 0 Å². The van der Waals surface area contributed by atoms with E-state index in [0.717, 1.165) is 18.6 Å². The number of amides is 2. The van der Waals surface area contributed by atoms with Gasteiger partial charge in [0.1, 0.15) is 0 Å². The Balaban J connectivity index is 2.28. The Morgan fingerprint density at radius 1 is 1.45 bits per heavy atom. The fourth-order valence-corrected chi connectivity index (χ4v) is 2.59. The lowest BCUT2D eigenvalue weighted by Gasteiger charge is -2.32. The normalized spacial score (nSPS) is 17.6. The van der Waals surface area contributed by atoms with Crippen LogP contribution >= 0.6 is 11.8 Å². The van der Waals surface area contributed by atoms with Crippen molar-refractivity contribution in [1.82, 2.24) is 10.2 Å². The van der Waals surface area contributed by atoms with Crippen molar-refractivity contribution < 1.29 is 14.3 Å². The van der Waals surface area contributed by atoms with E-state index in [0.29, 0.717) is 26.1 Å². The number of carbonyl (C=O) groups is 2. The molecular weight excluding hydrogens is 278 g/mol. The summed E-state index contributed by atoms with van der Waals surface area (Å²) in [5, 5.41) is 2.97. The van der Waals surface area contributed by atoms with Gasteiger partial charge in [-0.05, 0) is 38.2 Å². The molecule has 1 atom stereocenters. The third kappa shape index (κ3) is 5.58. The second kappa shape index (κ2) is 9.07. The molecule has 116 valence electrons. The Bertz CT molecular complexity index is 320. The largest absolute Gasteiger partial charge is 0.450 e. The van der Waals surface area contributed by atoms with Crippen molar-refractivity contribution >= 4 is 23.8 Å². The molecule has 0 aliphatic carbocycles. The van der Waals surface area contributed by atoms with Gasteiger partial charge in [-0.25, -0.2) is 4.79 Å². The molecule has 0 aromatic carbocycles. The minimum atomic E-state index is -0.439. The molecular formula is C13H25N3O3S. The number of likely N-dealkylation sites (tertiary alicyclic amines) is 1. The highest BCUT2D eigenvalue weighted by Gasteiger charge is 2.25. The van der Waals surface area contributed by atoms with Crippen LogP contribution in [0.2, 0.25) is 0 Å². The van der Waals surface area contributed by atoms with E-state index in [9.17, 15) is 9.59 Å². The SMILES string of the molecule is CCOC(=O)N1CCC(NC(=O)[C@@H](N)CCSC)CC1. The first-order valence-corrected chi connectivity index (χ1v) is 8.44. The number of thioether (sulfide) groups is 1. The van der Waals surface area contributed by atoms with Gasteiger partial charge < -0.3 is 20.7 Å². The molecule has 0 saturated carbocycles. The van der Waals surface area contributed by atoms with Gasteiger partial charge in [-0.3, -0.25) is 4.79 Å². The van der Waals surface area contributed by atoms with E-state index < -0.39 is 6.04 Å². The van der Waals surface area contributed by atoms with Crippen molar-refractivity contribution in [1.29, 1.82) is 0 Å². The number of piperidine rings is 1. The Morgan fingerprint density at radius 2 is 2.10 bits per heavy atom. The molecule has 1 aliphatic rings. The highest BCUT2D eigenvalue weighted by atomic mass is 32.2.